The van der Waals surface area contributed by atoms with E-state index < -0.39 is 0 Å². The minimum atomic E-state index is -0.297. The smallest absolute Gasteiger partial charge is 0.399 e. The summed E-state index contributed by atoms with van der Waals surface area (Å²) in [4.78, 5) is 0. The first-order valence-electron chi connectivity index (χ1n) is 5.85. The lowest BCUT2D eigenvalue weighted by molar-refractivity contribution is 0.00578. The summed E-state index contributed by atoms with van der Waals surface area (Å²) in [7, 11) is -0.297. The van der Waals surface area contributed by atoms with Crippen molar-refractivity contribution in [3.05, 3.63) is 28.2 Å². The zero-order chi connectivity index (χ0) is 12.8. The highest BCUT2D eigenvalue weighted by Crippen LogP contribution is 2.37. The highest BCUT2D eigenvalue weighted by molar-refractivity contribution is 9.10. The molecule has 0 spiro atoms. The molecule has 2 nitrogen and oxygen atoms in total. The van der Waals surface area contributed by atoms with Gasteiger partial charge in [0.05, 0.1) is 11.2 Å². The first kappa shape index (κ1) is 13.1. The molecule has 0 amide bonds. The fourth-order valence-corrected chi connectivity index (χ4v) is 2.27. The van der Waals surface area contributed by atoms with E-state index in [0.717, 1.165) is 9.94 Å². The van der Waals surface area contributed by atoms with Gasteiger partial charge in [-0.05, 0) is 45.6 Å². The van der Waals surface area contributed by atoms with Gasteiger partial charge >= 0.3 is 7.12 Å². The van der Waals surface area contributed by atoms with E-state index in [2.05, 4.69) is 56.6 Å². The van der Waals surface area contributed by atoms with Crippen molar-refractivity contribution in [1.82, 2.24) is 0 Å². The molecule has 92 valence electrons. The van der Waals surface area contributed by atoms with Crippen molar-refractivity contribution in [3.63, 3.8) is 0 Å². The summed E-state index contributed by atoms with van der Waals surface area (Å²) >= 11 is 3.61. The van der Waals surface area contributed by atoms with Crippen molar-refractivity contribution in [3.8, 4) is 0 Å². The van der Waals surface area contributed by atoms with Crippen molar-refractivity contribution in [2.45, 2.75) is 45.8 Å². The summed E-state index contributed by atoms with van der Waals surface area (Å²) in [6, 6.07) is 6.14. The molecule has 0 bridgehead atoms. The van der Waals surface area contributed by atoms with Gasteiger partial charge < -0.3 is 9.31 Å². The number of aryl methyl sites for hydroxylation is 1. The van der Waals surface area contributed by atoms with E-state index in [-0.39, 0.29) is 18.3 Å². The second-order valence-corrected chi connectivity index (χ2v) is 6.36. The van der Waals surface area contributed by atoms with Crippen LogP contribution in [0, 0.1) is 6.92 Å². The molecule has 1 saturated heterocycles. The van der Waals surface area contributed by atoms with Gasteiger partial charge in [-0.25, -0.2) is 0 Å². The summed E-state index contributed by atoms with van der Waals surface area (Å²) in [6.45, 7) is 10.3. The van der Waals surface area contributed by atoms with Gasteiger partial charge in [0.1, 0.15) is 0 Å². The number of benzene rings is 1. The molecule has 1 fully saturated rings. The molecule has 0 atom stereocenters. The normalized spacial score (nSPS) is 21.9. The third-order valence-corrected chi connectivity index (χ3v) is 4.81. The molecular weight excluding hydrogens is 279 g/mol. The Morgan fingerprint density at radius 3 is 2.12 bits per heavy atom. The average molecular weight is 297 g/mol. The molecule has 0 unspecified atom stereocenters. The van der Waals surface area contributed by atoms with E-state index in [1.54, 1.807) is 0 Å². The van der Waals surface area contributed by atoms with Crippen LogP contribution in [0.1, 0.15) is 33.3 Å². The quantitative estimate of drug-likeness (QED) is 0.742. The van der Waals surface area contributed by atoms with Crippen molar-refractivity contribution in [1.29, 1.82) is 0 Å². The van der Waals surface area contributed by atoms with Crippen LogP contribution >= 0.6 is 15.9 Å². The Labute approximate surface area is 112 Å². The molecule has 1 aliphatic heterocycles. The summed E-state index contributed by atoms with van der Waals surface area (Å²) in [5.74, 6) is 0. The van der Waals surface area contributed by atoms with E-state index in [4.69, 9.17) is 9.31 Å². The van der Waals surface area contributed by atoms with Gasteiger partial charge in [-0.3, -0.25) is 0 Å². The molecule has 0 aromatic heterocycles. The van der Waals surface area contributed by atoms with Gasteiger partial charge in [-0.15, -0.1) is 0 Å². The van der Waals surface area contributed by atoms with Gasteiger partial charge in [0.2, 0.25) is 0 Å². The van der Waals surface area contributed by atoms with E-state index in [1.807, 2.05) is 12.1 Å². The highest BCUT2D eigenvalue weighted by Gasteiger charge is 2.52. The van der Waals surface area contributed by atoms with Crippen LogP contribution in [0.15, 0.2) is 22.7 Å². The molecule has 0 saturated carbocycles. The Hall–Kier alpha value is -0.315. The van der Waals surface area contributed by atoms with Crippen LogP contribution in [0.2, 0.25) is 0 Å². The van der Waals surface area contributed by atoms with Crippen LogP contribution in [-0.2, 0) is 9.31 Å². The Morgan fingerprint density at radius 2 is 1.59 bits per heavy atom. The summed E-state index contributed by atoms with van der Waals surface area (Å²) in [6.07, 6.45) is 0. The topological polar surface area (TPSA) is 18.5 Å². The minimum absolute atomic E-state index is 0.291. The number of hydrogen-bond donors (Lipinski definition) is 0. The maximum atomic E-state index is 6.03. The summed E-state index contributed by atoms with van der Waals surface area (Å²) in [5.41, 5.74) is 1.67. The zero-order valence-electron chi connectivity index (χ0n) is 11.0. The second kappa shape index (κ2) is 4.11. The highest BCUT2D eigenvalue weighted by atomic mass is 79.9. The van der Waals surface area contributed by atoms with Crippen LogP contribution in [0.5, 0.6) is 0 Å². The Bertz CT molecular complexity index is 427. The van der Waals surface area contributed by atoms with E-state index in [9.17, 15) is 0 Å². The number of hydrogen-bond acceptors (Lipinski definition) is 2. The van der Waals surface area contributed by atoms with Crippen molar-refractivity contribution < 1.29 is 9.31 Å². The van der Waals surface area contributed by atoms with Crippen LogP contribution in [0.3, 0.4) is 0 Å². The van der Waals surface area contributed by atoms with Crippen LogP contribution in [-0.4, -0.2) is 18.3 Å². The number of rotatable bonds is 1. The van der Waals surface area contributed by atoms with Crippen molar-refractivity contribution in [2.75, 3.05) is 0 Å². The van der Waals surface area contributed by atoms with Gasteiger partial charge in [0.15, 0.2) is 0 Å². The molecule has 1 aromatic carbocycles. The monoisotopic (exact) mass is 296 g/mol. The maximum absolute atomic E-state index is 6.03. The standard InChI is InChI=1S/C13H18BBrO2/c1-9-7-6-8-10(11(9)15)14-16-12(2,3)13(4,5)17-14/h6-8H,1-5H3. The maximum Gasteiger partial charge on any atom is 0.496 e. The van der Waals surface area contributed by atoms with Gasteiger partial charge in [0, 0.05) is 4.47 Å². The third kappa shape index (κ3) is 2.18. The first-order valence-corrected chi connectivity index (χ1v) is 6.64. The third-order valence-electron chi connectivity index (χ3n) is 3.73. The molecule has 1 aromatic rings. The van der Waals surface area contributed by atoms with Gasteiger partial charge in [0.25, 0.3) is 0 Å². The molecule has 1 heterocycles. The SMILES string of the molecule is Cc1cccc(B2OC(C)(C)C(C)(C)O2)c1Br. The molecule has 17 heavy (non-hydrogen) atoms. The number of halogens is 1. The predicted octanol–water partition coefficient (Wildman–Crippen LogP) is 3.06. The van der Waals surface area contributed by atoms with Gasteiger partial charge in [-0.2, -0.15) is 0 Å². The molecule has 4 heteroatoms. The van der Waals surface area contributed by atoms with Crippen LogP contribution in [0.25, 0.3) is 0 Å². The van der Waals surface area contributed by atoms with Crippen LogP contribution in [0.4, 0.5) is 0 Å². The molecular formula is C13H18BBrO2. The van der Waals surface area contributed by atoms with E-state index >= 15 is 0 Å². The average Bonchev–Trinajstić information content (AvgIpc) is 2.40. The molecule has 0 N–H and O–H groups in total. The molecule has 1 aliphatic rings. The summed E-state index contributed by atoms with van der Waals surface area (Å²) < 4.78 is 13.1. The largest absolute Gasteiger partial charge is 0.496 e. The molecule has 0 aliphatic carbocycles. The van der Waals surface area contributed by atoms with Crippen LogP contribution < -0.4 is 5.46 Å². The summed E-state index contributed by atoms with van der Waals surface area (Å²) in [5, 5.41) is 0. The Balaban J connectivity index is 2.36. The predicted molar refractivity (Wildman–Crippen MR) is 74.6 cm³/mol. The molecule has 2 rings (SSSR count). The first-order chi connectivity index (χ1) is 7.74. The Morgan fingerprint density at radius 1 is 1.06 bits per heavy atom. The fourth-order valence-electron chi connectivity index (χ4n) is 1.82. The fraction of sp³-hybridized carbons (Fsp3) is 0.538. The van der Waals surface area contributed by atoms with Crippen molar-refractivity contribution >= 4 is 28.5 Å². The second-order valence-electron chi connectivity index (χ2n) is 5.57. The van der Waals surface area contributed by atoms with E-state index in [0.29, 0.717) is 0 Å². The minimum Gasteiger partial charge on any atom is -0.399 e. The Kier molecular flexibility index (Phi) is 3.17. The lowest BCUT2D eigenvalue weighted by Gasteiger charge is -2.32. The van der Waals surface area contributed by atoms with E-state index in [1.165, 1.54) is 5.56 Å². The molecule has 0 radical (unpaired) electrons. The lowest BCUT2D eigenvalue weighted by atomic mass is 9.78. The van der Waals surface area contributed by atoms with Crippen molar-refractivity contribution in [2.24, 2.45) is 0 Å². The van der Waals surface area contributed by atoms with Gasteiger partial charge in [-0.1, -0.05) is 34.1 Å². The lowest BCUT2D eigenvalue weighted by Crippen LogP contribution is -2.41. The zero-order valence-corrected chi connectivity index (χ0v) is 12.6.